The van der Waals surface area contributed by atoms with Crippen molar-refractivity contribution in [2.24, 2.45) is 5.92 Å². The molecule has 1 aromatic carbocycles. The maximum absolute atomic E-state index is 12.3. The van der Waals surface area contributed by atoms with Crippen LogP contribution in [0.1, 0.15) is 36.3 Å². The van der Waals surface area contributed by atoms with Gasteiger partial charge in [0.15, 0.2) is 0 Å². The number of thiazole rings is 1. The van der Waals surface area contributed by atoms with Gasteiger partial charge in [0, 0.05) is 23.2 Å². The number of benzene rings is 1. The number of amides is 1. The largest absolute Gasteiger partial charge is 0.393 e. The van der Waals surface area contributed by atoms with Gasteiger partial charge in [-0.05, 0) is 49.5 Å². The zero-order valence-electron chi connectivity index (χ0n) is 12.8. The van der Waals surface area contributed by atoms with Gasteiger partial charge in [0.25, 0.3) is 0 Å². The molecule has 0 saturated heterocycles. The van der Waals surface area contributed by atoms with Gasteiger partial charge in [-0.15, -0.1) is 11.3 Å². The van der Waals surface area contributed by atoms with E-state index in [9.17, 15) is 9.90 Å². The Kier molecular flexibility index (Phi) is 5.20. The SMILES string of the molecule is O=C(Nc1cccc(/C=C/c2nccs2)c1)C1CCC(O)CC1. The van der Waals surface area contributed by atoms with Crippen molar-refractivity contribution >= 4 is 35.1 Å². The number of aromatic nitrogens is 1. The van der Waals surface area contributed by atoms with Crippen LogP contribution >= 0.6 is 11.3 Å². The summed E-state index contributed by atoms with van der Waals surface area (Å²) in [5.74, 6) is 0.0610. The minimum Gasteiger partial charge on any atom is -0.393 e. The maximum Gasteiger partial charge on any atom is 0.227 e. The first kappa shape index (κ1) is 15.9. The smallest absolute Gasteiger partial charge is 0.227 e. The summed E-state index contributed by atoms with van der Waals surface area (Å²) in [5, 5.41) is 15.4. The molecule has 0 bridgehead atoms. The first-order valence-electron chi connectivity index (χ1n) is 7.87. The number of carbonyl (C=O) groups is 1. The topological polar surface area (TPSA) is 62.2 Å². The van der Waals surface area contributed by atoms with Crippen molar-refractivity contribution in [2.45, 2.75) is 31.8 Å². The molecule has 5 heteroatoms. The first-order chi connectivity index (χ1) is 11.2. The molecule has 120 valence electrons. The highest BCUT2D eigenvalue weighted by atomic mass is 32.1. The third kappa shape index (κ3) is 4.50. The van der Waals surface area contributed by atoms with Crippen molar-refractivity contribution < 1.29 is 9.90 Å². The number of aliphatic hydroxyl groups is 1. The van der Waals surface area contributed by atoms with Gasteiger partial charge in [-0.3, -0.25) is 4.79 Å². The maximum atomic E-state index is 12.3. The van der Waals surface area contributed by atoms with Crippen molar-refractivity contribution in [3.05, 3.63) is 46.4 Å². The zero-order valence-corrected chi connectivity index (χ0v) is 13.6. The molecule has 1 saturated carbocycles. The van der Waals surface area contributed by atoms with Crippen LogP contribution in [0.15, 0.2) is 35.8 Å². The molecule has 2 aromatic rings. The molecule has 3 rings (SSSR count). The van der Waals surface area contributed by atoms with Gasteiger partial charge in [-0.2, -0.15) is 0 Å². The summed E-state index contributed by atoms with van der Waals surface area (Å²) in [5.41, 5.74) is 1.83. The molecular weight excluding hydrogens is 308 g/mol. The summed E-state index contributed by atoms with van der Waals surface area (Å²) in [6.07, 6.45) is 8.46. The van der Waals surface area contributed by atoms with Crippen LogP contribution in [0.25, 0.3) is 12.2 Å². The second kappa shape index (κ2) is 7.53. The lowest BCUT2D eigenvalue weighted by Gasteiger charge is -2.24. The van der Waals surface area contributed by atoms with E-state index in [2.05, 4.69) is 10.3 Å². The van der Waals surface area contributed by atoms with Gasteiger partial charge in [-0.25, -0.2) is 4.98 Å². The molecule has 1 aromatic heterocycles. The number of hydrogen-bond donors (Lipinski definition) is 2. The van der Waals surface area contributed by atoms with E-state index < -0.39 is 0 Å². The predicted octanol–water partition coefficient (Wildman–Crippen LogP) is 3.80. The molecule has 1 aliphatic carbocycles. The van der Waals surface area contributed by atoms with E-state index in [0.717, 1.165) is 29.1 Å². The first-order valence-corrected chi connectivity index (χ1v) is 8.75. The third-order valence-electron chi connectivity index (χ3n) is 4.09. The van der Waals surface area contributed by atoms with E-state index in [4.69, 9.17) is 0 Å². The van der Waals surface area contributed by atoms with Crippen LogP contribution in [0, 0.1) is 5.92 Å². The van der Waals surface area contributed by atoms with Crippen LogP contribution in [0.5, 0.6) is 0 Å². The Hall–Kier alpha value is -1.98. The van der Waals surface area contributed by atoms with Gasteiger partial charge in [0.1, 0.15) is 5.01 Å². The zero-order chi connectivity index (χ0) is 16.1. The van der Waals surface area contributed by atoms with E-state index in [1.807, 2.05) is 41.8 Å². The van der Waals surface area contributed by atoms with Gasteiger partial charge < -0.3 is 10.4 Å². The van der Waals surface area contributed by atoms with E-state index in [1.165, 1.54) is 0 Å². The monoisotopic (exact) mass is 328 g/mol. The third-order valence-corrected chi connectivity index (χ3v) is 4.83. The Morgan fingerprint density at radius 1 is 1.26 bits per heavy atom. The molecule has 23 heavy (non-hydrogen) atoms. The standard InChI is InChI=1S/C18H20N2O2S/c21-16-7-5-14(6-8-16)18(22)20-15-3-1-2-13(12-15)4-9-17-19-10-11-23-17/h1-4,9-12,14,16,21H,5-8H2,(H,20,22)/b9-4+. The molecule has 2 N–H and O–H groups in total. The minimum atomic E-state index is -0.238. The van der Waals surface area contributed by atoms with Crippen molar-refractivity contribution in [1.82, 2.24) is 4.98 Å². The van der Waals surface area contributed by atoms with Gasteiger partial charge >= 0.3 is 0 Å². The summed E-state index contributed by atoms with van der Waals surface area (Å²) in [7, 11) is 0. The molecule has 1 fully saturated rings. The molecule has 1 amide bonds. The van der Waals surface area contributed by atoms with Crippen LogP contribution in [0.3, 0.4) is 0 Å². The number of nitrogens with one attached hydrogen (secondary N) is 1. The molecular formula is C18H20N2O2S. The lowest BCUT2D eigenvalue weighted by molar-refractivity contribution is -0.121. The molecule has 0 atom stereocenters. The van der Waals surface area contributed by atoms with Crippen LogP contribution in [-0.4, -0.2) is 22.1 Å². The Labute approximate surface area is 139 Å². The average Bonchev–Trinajstić information content (AvgIpc) is 3.07. The number of aliphatic hydroxyl groups excluding tert-OH is 1. The lowest BCUT2D eigenvalue weighted by atomic mass is 9.87. The van der Waals surface area contributed by atoms with Gasteiger partial charge in [0.2, 0.25) is 5.91 Å². The van der Waals surface area contributed by atoms with Gasteiger partial charge in [-0.1, -0.05) is 18.2 Å². The van der Waals surface area contributed by atoms with E-state index in [0.29, 0.717) is 12.8 Å². The molecule has 1 heterocycles. The van der Waals surface area contributed by atoms with Crippen molar-refractivity contribution in [3.63, 3.8) is 0 Å². The lowest BCUT2D eigenvalue weighted by Crippen LogP contribution is -2.28. The quantitative estimate of drug-likeness (QED) is 0.897. The molecule has 0 radical (unpaired) electrons. The molecule has 4 nitrogen and oxygen atoms in total. The highest BCUT2D eigenvalue weighted by Crippen LogP contribution is 2.25. The van der Waals surface area contributed by atoms with E-state index in [-0.39, 0.29) is 17.9 Å². The minimum absolute atomic E-state index is 0.00733. The summed E-state index contributed by atoms with van der Waals surface area (Å²) in [6.45, 7) is 0. The van der Waals surface area contributed by atoms with Gasteiger partial charge in [0.05, 0.1) is 6.10 Å². The normalized spacial score (nSPS) is 21.4. The van der Waals surface area contributed by atoms with Crippen LogP contribution < -0.4 is 5.32 Å². The van der Waals surface area contributed by atoms with Crippen molar-refractivity contribution in [3.8, 4) is 0 Å². The Bertz CT molecular complexity index is 674. The predicted molar refractivity (Wildman–Crippen MR) is 94.1 cm³/mol. The Balaban J connectivity index is 1.62. The summed E-state index contributed by atoms with van der Waals surface area (Å²) in [4.78, 5) is 16.5. The van der Waals surface area contributed by atoms with Crippen LogP contribution in [0.4, 0.5) is 5.69 Å². The number of carbonyl (C=O) groups excluding carboxylic acids is 1. The molecule has 1 aliphatic rings. The summed E-state index contributed by atoms with van der Waals surface area (Å²) >= 11 is 1.59. The average molecular weight is 328 g/mol. The fraction of sp³-hybridized carbons (Fsp3) is 0.333. The van der Waals surface area contributed by atoms with E-state index >= 15 is 0 Å². The van der Waals surface area contributed by atoms with Crippen molar-refractivity contribution in [2.75, 3.05) is 5.32 Å². The number of hydrogen-bond acceptors (Lipinski definition) is 4. The highest BCUT2D eigenvalue weighted by Gasteiger charge is 2.25. The number of anilines is 1. The van der Waals surface area contributed by atoms with Crippen LogP contribution in [0.2, 0.25) is 0 Å². The van der Waals surface area contributed by atoms with Crippen molar-refractivity contribution in [1.29, 1.82) is 0 Å². The van der Waals surface area contributed by atoms with Crippen LogP contribution in [-0.2, 0) is 4.79 Å². The molecule has 0 aliphatic heterocycles. The number of rotatable bonds is 4. The second-order valence-corrected chi connectivity index (χ2v) is 6.75. The Morgan fingerprint density at radius 2 is 2.09 bits per heavy atom. The molecule has 0 unspecified atom stereocenters. The highest BCUT2D eigenvalue weighted by molar-refractivity contribution is 7.10. The van der Waals surface area contributed by atoms with E-state index in [1.54, 1.807) is 17.5 Å². The summed E-state index contributed by atoms with van der Waals surface area (Å²) < 4.78 is 0. The molecule has 0 spiro atoms. The number of nitrogens with zero attached hydrogens (tertiary/aromatic N) is 1. The fourth-order valence-electron chi connectivity index (χ4n) is 2.79. The second-order valence-electron chi connectivity index (χ2n) is 5.82. The Morgan fingerprint density at radius 3 is 2.83 bits per heavy atom. The fourth-order valence-corrected chi connectivity index (χ4v) is 3.32. The summed E-state index contributed by atoms with van der Waals surface area (Å²) in [6, 6.07) is 7.79.